The Hall–Kier alpha value is -2.81. The van der Waals surface area contributed by atoms with Crippen molar-refractivity contribution in [1.82, 2.24) is 4.90 Å². The number of nitrogens with zero attached hydrogens (tertiary/aromatic N) is 2. The molecule has 0 aliphatic carbocycles. The van der Waals surface area contributed by atoms with Gasteiger partial charge in [0.25, 0.3) is 0 Å². The molecule has 170 valence electrons. The van der Waals surface area contributed by atoms with Gasteiger partial charge < -0.3 is 9.47 Å². The second-order valence-corrected chi connectivity index (χ2v) is 8.08. The number of esters is 1. The van der Waals surface area contributed by atoms with Crippen molar-refractivity contribution in [1.29, 1.82) is 0 Å². The molecule has 0 N–H and O–H groups in total. The number of piperazine rings is 1. The summed E-state index contributed by atoms with van der Waals surface area (Å²) in [5, 5.41) is 0.535. The summed E-state index contributed by atoms with van der Waals surface area (Å²) in [7, 11) is 1.48. The number of benzene rings is 2. The molecule has 2 aromatic rings. The molecule has 1 aliphatic heterocycles. The monoisotopic (exact) mass is 463 g/mol. The summed E-state index contributed by atoms with van der Waals surface area (Å²) in [5.41, 5.74) is 0.738. The number of ether oxygens (including phenoxy) is 2. The predicted molar refractivity (Wildman–Crippen MR) is 115 cm³/mol. The van der Waals surface area contributed by atoms with Crippen molar-refractivity contribution in [3.63, 3.8) is 0 Å². The van der Waals surface area contributed by atoms with E-state index in [2.05, 4.69) is 0 Å². The van der Waals surface area contributed by atoms with Gasteiger partial charge in [-0.25, -0.2) is 18.8 Å². The average Bonchev–Trinajstić information content (AvgIpc) is 2.77. The van der Waals surface area contributed by atoms with Crippen molar-refractivity contribution >= 4 is 29.4 Å². The standard InChI is InChI=1S/C23H25ClFN2O5/c1-3-31-23(30)21-22(29)27(2,20(28)15-32-19-10-6-17(24)7-11-19)13-12-26(21)14-16-4-8-18(25)9-5-16/h4-11,21H,3,12-15H2,1-2H3/q+1. The fraction of sp³-hybridized carbons (Fsp3) is 0.348. The molecule has 32 heavy (non-hydrogen) atoms. The third kappa shape index (κ3) is 5.32. The van der Waals surface area contributed by atoms with E-state index in [0.29, 0.717) is 10.8 Å². The third-order valence-electron chi connectivity index (χ3n) is 5.46. The number of hydrogen-bond donors (Lipinski definition) is 0. The Balaban J connectivity index is 1.77. The summed E-state index contributed by atoms with van der Waals surface area (Å²) in [6, 6.07) is 11.1. The lowest BCUT2D eigenvalue weighted by Gasteiger charge is -2.41. The quantitative estimate of drug-likeness (QED) is 0.357. The van der Waals surface area contributed by atoms with Crippen LogP contribution in [0.1, 0.15) is 12.5 Å². The number of rotatable bonds is 7. The lowest BCUT2D eigenvalue weighted by Crippen LogP contribution is -2.70. The molecular weight excluding hydrogens is 439 g/mol. The maximum Gasteiger partial charge on any atom is 0.358 e. The van der Waals surface area contributed by atoms with Crippen LogP contribution >= 0.6 is 11.6 Å². The van der Waals surface area contributed by atoms with Crippen LogP contribution in [0.25, 0.3) is 0 Å². The highest BCUT2D eigenvalue weighted by molar-refractivity contribution is 6.30. The molecule has 3 rings (SSSR count). The van der Waals surface area contributed by atoms with Crippen molar-refractivity contribution in [3.05, 3.63) is 64.9 Å². The van der Waals surface area contributed by atoms with E-state index in [0.717, 1.165) is 5.56 Å². The van der Waals surface area contributed by atoms with Gasteiger partial charge in [0.05, 0.1) is 20.2 Å². The maximum atomic E-state index is 13.4. The van der Waals surface area contributed by atoms with Gasteiger partial charge in [-0.3, -0.25) is 4.90 Å². The Bertz CT molecular complexity index is 983. The Kier molecular flexibility index (Phi) is 7.60. The van der Waals surface area contributed by atoms with E-state index >= 15 is 0 Å². The molecule has 2 amide bonds. The molecule has 2 unspecified atom stereocenters. The first-order valence-corrected chi connectivity index (χ1v) is 10.6. The summed E-state index contributed by atoms with van der Waals surface area (Å²) in [4.78, 5) is 40.7. The topological polar surface area (TPSA) is 72.9 Å². The van der Waals surface area contributed by atoms with Crippen LogP contribution in [0.2, 0.25) is 5.02 Å². The van der Waals surface area contributed by atoms with Crippen molar-refractivity contribution in [2.24, 2.45) is 0 Å². The van der Waals surface area contributed by atoms with E-state index in [9.17, 15) is 18.8 Å². The molecule has 2 atom stereocenters. The minimum absolute atomic E-state index is 0.102. The molecule has 1 saturated heterocycles. The van der Waals surface area contributed by atoms with Crippen LogP contribution in [0.5, 0.6) is 5.75 Å². The molecule has 0 aromatic heterocycles. The number of hydrogen-bond acceptors (Lipinski definition) is 6. The Labute approximate surface area is 190 Å². The molecule has 1 aliphatic rings. The summed E-state index contributed by atoms with van der Waals surface area (Å²) in [6.07, 6.45) is 0. The van der Waals surface area contributed by atoms with E-state index in [1.54, 1.807) is 48.2 Å². The van der Waals surface area contributed by atoms with Gasteiger partial charge in [0.1, 0.15) is 18.1 Å². The number of halogens is 2. The minimum atomic E-state index is -1.25. The van der Waals surface area contributed by atoms with Crippen molar-refractivity contribution in [3.8, 4) is 5.75 Å². The average molecular weight is 464 g/mol. The van der Waals surface area contributed by atoms with E-state index in [1.165, 1.54) is 19.2 Å². The van der Waals surface area contributed by atoms with Crippen LogP contribution in [-0.4, -0.2) is 66.6 Å². The number of carbonyl (C=O) groups excluding carboxylic acids is 3. The van der Waals surface area contributed by atoms with Gasteiger partial charge in [0, 0.05) is 11.6 Å². The van der Waals surface area contributed by atoms with Gasteiger partial charge in [-0.2, -0.15) is 4.48 Å². The lowest BCUT2D eigenvalue weighted by molar-refractivity contribution is -0.763. The molecule has 1 fully saturated rings. The molecule has 7 nitrogen and oxygen atoms in total. The SMILES string of the molecule is CCOC(=O)C1C(=O)[N+](C)(C(=O)COc2ccc(Cl)cc2)CCN1Cc1ccc(F)cc1. The zero-order valence-corrected chi connectivity index (χ0v) is 18.7. The molecular formula is C23H25ClFN2O5+. The van der Waals surface area contributed by atoms with Gasteiger partial charge in [0.2, 0.25) is 12.6 Å². The largest absolute Gasteiger partial charge is 0.479 e. The summed E-state index contributed by atoms with van der Waals surface area (Å²) in [6.45, 7) is 2.11. The second kappa shape index (κ2) is 10.2. The van der Waals surface area contributed by atoms with Crippen molar-refractivity contribution < 1.29 is 32.7 Å². The zero-order chi connectivity index (χ0) is 23.3. The van der Waals surface area contributed by atoms with Gasteiger partial charge in [-0.05, 0) is 48.9 Å². The summed E-state index contributed by atoms with van der Waals surface area (Å²) < 4.78 is 23.3. The molecule has 0 bridgehead atoms. The molecule has 0 radical (unpaired) electrons. The molecule has 1 heterocycles. The second-order valence-electron chi connectivity index (χ2n) is 7.64. The van der Waals surface area contributed by atoms with Crippen molar-refractivity contribution in [2.45, 2.75) is 19.5 Å². The summed E-state index contributed by atoms with van der Waals surface area (Å²) in [5.74, 6) is -1.70. The van der Waals surface area contributed by atoms with Crippen molar-refractivity contribution in [2.75, 3.05) is 33.4 Å². The Morgan fingerprint density at radius 2 is 1.81 bits per heavy atom. The maximum absolute atomic E-state index is 13.4. The van der Waals surface area contributed by atoms with E-state index in [4.69, 9.17) is 21.1 Å². The van der Waals surface area contributed by atoms with Crippen LogP contribution in [-0.2, 0) is 25.7 Å². The third-order valence-corrected chi connectivity index (χ3v) is 5.71. The van der Waals surface area contributed by atoms with Gasteiger partial charge in [-0.1, -0.05) is 23.7 Å². The number of imide groups is 1. The number of quaternary nitrogens is 1. The highest BCUT2D eigenvalue weighted by atomic mass is 35.5. The van der Waals surface area contributed by atoms with Crippen LogP contribution in [0.15, 0.2) is 48.5 Å². The molecule has 0 spiro atoms. The minimum Gasteiger partial charge on any atom is -0.479 e. The van der Waals surface area contributed by atoms with Crippen LogP contribution in [0, 0.1) is 5.82 Å². The molecule has 9 heteroatoms. The smallest absolute Gasteiger partial charge is 0.358 e. The van der Waals surface area contributed by atoms with Crippen LogP contribution in [0.4, 0.5) is 4.39 Å². The van der Waals surface area contributed by atoms with Gasteiger partial charge >= 0.3 is 17.8 Å². The first-order valence-electron chi connectivity index (χ1n) is 10.2. The number of amides is 2. The summed E-state index contributed by atoms with van der Waals surface area (Å²) >= 11 is 5.85. The van der Waals surface area contributed by atoms with Crippen LogP contribution < -0.4 is 4.74 Å². The van der Waals surface area contributed by atoms with E-state index < -0.39 is 28.3 Å². The molecule has 2 aromatic carbocycles. The predicted octanol–water partition coefficient (Wildman–Crippen LogP) is 2.81. The van der Waals surface area contributed by atoms with Gasteiger partial charge in [-0.15, -0.1) is 0 Å². The zero-order valence-electron chi connectivity index (χ0n) is 17.9. The van der Waals surface area contributed by atoms with E-state index in [1.807, 2.05) is 0 Å². The van der Waals surface area contributed by atoms with Gasteiger partial charge in [0.15, 0.2) is 0 Å². The highest BCUT2D eigenvalue weighted by Crippen LogP contribution is 2.23. The fourth-order valence-corrected chi connectivity index (χ4v) is 3.65. The highest BCUT2D eigenvalue weighted by Gasteiger charge is 2.54. The molecule has 0 saturated carbocycles. The lowest BCUT2D eigenvalue weighted by atomic mass is 10.1. The normalized spacial score (nSPS) is 21.2. The number of likely N-dealkylation sites (N-methyl/N-ethyl adjacent to an activating group) is 1. The van der Waals surface area contributed by atoms with Crippen LogP contribution in [0.3, 0.4) is 0 Å². The van der Waals surface area contributed by atoms with E-state index in [-0.39, 0.29) is 38.7 Å². The number of carbonyl (C=O) groups is 3. The Morgan fingerprint density at radius 1 is 1.16 bits per heavy atom. The first-order chi connectivity index (χ1) is 15.2. The fourth-order valence-electron chi connectivity index (χ4n) is 3.53. The first kappa shape index (κ1) is 23.8. The Morgan fingerprint density at radius 3 is 2.44 bits per heavy atom.